The zero-order valence-electron chi connectivity index (χ0n) is 72.1. The maximum absolute atomic E-state index is 13.3. The summed E-state index contributed by atoms with van der Waals surface area (Å²) in [6, 6.07) is 64.7. The Morgan fingerprint density at radius 1 is 0.424 bits per heavy atom. The van der Waals surface area contributed by atoms with Gasteiger partial charge in [0, 0.05) is 134 Å². The van der Waals surface area contributed by atoms with Crippen LogP contribution in [0.15, 0.2) is 237 Å². The number of Topliss-reactive ketones (excluding diaryl/α,β-unsaturated/α-hetero) is 1. The number of fused-ring (bicyclic) bond motifs is 5. The molecule has 132 heavy (non-hydrogen) atoms. The molecule has 19 nitrogen and oxygen atoms in total. The molecule has 0 saturated heterocycles. The molecular weight excluding hydrogens is 1920 g/mol. The largest absolute Gasteiger partial charge is 0.643 e. The van der Waals surface area contributed by atoms with Crippen LogP contribution in [0.2, 0.25) is 0 Å². The van der Waals surface area contributed by atoms with E-state index in [-0.39, 0.29) is 76.0 Å². The Morgan fingerprint density at radius 3 is 1.10 bits per heavy atom. The molecule has 0 aliphatic carbocycles. The number of carbonyl (C=O) groups is 7. The molecule has 0 unspecified atom stereocenters. The molecule has 0 bridgehead atoms. The number of ether oxygens (including phenoxy) is 2. The fourth-order valence-corrected chi connectivity index (χ4v) is 14.8. The Bertz CT molecular complexity index is 5220. The van der Waals surface area contributed by atoms with Crippen LogP contribution in [0.5, 0.6) is 0 Å². The monoisotopic (exact) mass is 2010 g/mol. The van der Waals surface area contributed by atoms with E-state index in [0.717, 1.165) is 173 Å². The smallest absolute Gasteiger partial charge is 0.465 e. The van der Waals surface area contributed by atoms with Crippen molar-refractivity contribution in [1.29, 1.82) is 0 Å². The normalized spacial score (nSPS) is 12.5. The summed E-state index contributed by atoms with van der Waals surface area (Å²) in [5.41, 5.74) is 26.5. The highest BCUT2D eigenvalue weighted by atomic mass is 79.9. The van der Waals surface area contributed by atoms with Gasteiger partial charge in [0.25, 0.3) is 11.8 Å². The van der Waals surface area contributed by atoms with E-state index in [1.165, 1.54) is 87.0 Å². The van der Waals surface area contributed by atoms with Crippen molar-refractivity contribution >= 4 is 167 Å². The molecular formula is C98H99AlBrCl6F7N8O11. The van der Waals surface area contributed by atoms with E-state index in [9.17, 15) is 64.3 Å². The third kappa shape index (κ3) is 38.5. The van der Waals surface area contributed by atoms with Crippen LogP contribution in [-0.4, -0.2) is 115 Å². The first kappa shape index (κ1) is 108. The summed E-state index contributed by atoms with van der Waals surface area (Å²) in [5, 5.41) is 23.6. The van der Waals surface area contributed by atoms with E-state index < -0.39 is 23.2 Å². The Balaban J connectivity index is 0.000000207. The van der Waals surface area contributed by atoms with Crippen molar-refractivity contribution in [3.8, 4) is 0 Å². The summed E-state index contributed by atoms with van der Waals surface area (Å²) in [4.78, 5) is 83.5. The van der Waals surface area contributed by atoms with Crippen molar-refractivity contribution in [1.82, 2.24) is 11.0 Å². The Hall–Kier alpha value is -10.7. The molecule has 16 rings (SSSR count). The molecule has 11 aromatic carbocycles. The second-order valence-electron chi connectivity index (χ2n) is 29.7. The number of hydrogen-bond acceptors (Lipinski definition) is 16. The molecule has 0 aromatic heterocycles. The number of nitrogens with zero attached hydrogens (tertiary/aromatic N) is 3. The van der Waals surface area contributed by atoms with Crippen molar-refractivity contribution in [3.05, 3.63) is 355 Å². The number of nitrogens with two attached hydrogens (primary N) is 1. The number of amides is 3. The van der Waals surface area contributed by atoms with Crippen molar-refractivity contribution in [2.45, 2.75) is 108 Å². The number of aryl methyl sites for hydroxylation is 5. The predicted molar refractivity (Wildman–Crippen MR) is 514 cm³/mol. The summed E-state index contributed by atoms with van der Waals surface area (Å²) in [5.74, 6) is -2.39. The number of rotatable bonds is 17. The third-order valence-electron chi connectivity index (χ3n) is 20.2. The molecule has 5 aliphatic heterocycles. The fraction of sp³-hybridized carbons (Fsp3) is 0.255. The van der Waals surface area contributed by atoms with Crippen LogP contribution in [0.25, 0.3) is 0 Å². The number of nitrogen functional groups attached to an aromatic ring is 1. The number of benzene rings is 11. The van der Waals surface area contributed by atoms with E-state index >= 15 is 0 Å². The van der Waals surface area contributed by atoms with E-state index in [4.69, 9.17) is 85.8 Å². The zero-order valence-corrected chi connectivity index (χ0v) is 79.4. The minimum Gasteiger partial charge on any atom is -0.465 e. The van der Waals surface area contributed by atoms with Crippen LogP contribution in [0.1, 0.15) is 142 Å². The molecule has 5 aliphatic rings. The van der Waals surface area contributed by atoms with E-state index in [2.05, 4.69) is 46.0 Å². The van der Waals surface area contributed by atoms with Gasteiger partial charge in [0.05, 0.1) is 25.3 Å². The minimum absolute atomic E-state index is 0.00843. The van der Waals surface area contributed by atoms with Gasteiger partial charge in [-0.3, -0.25) is 34.4 Å². The first-order chi connectivity index (χ1) is 63.4. The van der Waals surface area contributed by atoms with Crippen molar-refractivity contribution < 1.29 is 84.2 Å². The van der Waals surface area contributed by atoms with Crippen LogP contribution in [0.4, 0.5) is 64.9 Å². The molecule has 5 heterocycles. The van der Waals surface area contributed by atoms with Crippen molar-refractivity contribution in [2.24, 2.45) is 0 Å². The Kier molecular flexibility index (Phi) is 47.9. The summed E-state index contributed by atoms with van der Waals surface area (Å²) in [6.45, 7) is 5.99. The molecule has 0 radical (unpaired) electrons. The van der Waals surface area contributed by atoms with Crippen LogP contribution < -0.4 is 42.0 Å². The topological polar surface area (TPSA) is 262 Å². The van der Waals surface area contributed by atoms with E-state index in [0.29, 0.717) is 78.5 Å². The number of hydroxylamine groups is 2. The molecule has 0 saturated carbocycles. The number of alkyl halides is 3. The average Bonchev–Trinajstić information content (AvgIpc) is 0.816. The number of methoxy groups -OCH3 is 2. The van der Waals surface area contributed by atoms with Gasteiger partial charge in [-0.05, 0) is 301 Å². The third-order valence-corrected chi connectivity index (χ3v) is 21.5. The Labute approximate surface area is 803 Å². The van der Waals surface area contributed by atoms with Crippen molar-refractivity contribution in [2.75, 3.05) is 83.2 Å². The van der Waals surface area contributed by atoms with Crippen LogP contribution in [-0.2, 0) is 87.3 Å². The lowest BCUT2D eigenvalue weighted by molar-refractivity contribution is -0.118. The maximum atomic E-state index is 13.3. The number of carbonyl (C=O) groups excluding carboxylic acids is 7. The number of esters is 2. The van der Waals surface area contributed by atoms with Gasteiger partial charge in [-0.15, -0.1) is 23.2 Å². The molecule has 0 spiro atoms. The first-order valence-electron chi connectivity index (χ1n) is 41.6. The van der Waals surface area contributed by atoms with Gasteiger partial charge in [0.1, 0.15) is 46.5 Å². The number of hydrogen-bond donors (Lipinski definition) is 7. The van der Waals surface area contributed by atoms with E-state index in [1.54, 1.807) is 102 Å². The highest BCUT2D eigenvalue weighted by molar-refractivity contribution is 9.08. The van der Waals surface area contributed by atoms with Gasteiger partial charge in [-0.2, -0.15) is 0 Å². The number of anilines is 6. The first-order valence-corrected chi connectivity index (χ1v) is 49.4. The molecule has 8 N–H and O–H groups in total. The van der Waals surface area contributed by atoms with E-state index in [1.807, 2.05) is 72.8 Å². The highest BCUT2D eigenvalue weighted by Gasteiger charge is 2.23. The highest BCUT2D eigenvalue weighted by Crippen LogP contribution is 2.33. The number of ketones is 1. The Morgan fingerprint density at radius 2 is 0.750 bits per heavy atom. The number of nitrogens with one attached hydrogen (secondary N) is 4. The summed E-state index contributed by atoms with van der Waals surface area (Å²) in [6.07, 6.45) is 9.93. The van der Waals surface area contributed by atoms with Crippen LogP contribution in [0.3, 0.4) is 0 Å². The van der Waals surface area contributed by atoms with Crippen LogP contribution in [0, 0.1) is 40.7 Å². The van der Waals surface area contributed by atoms with Gasteiger partial charge >= 0.3 is 23.3 Å². The van der Waals surface area contributed by atoms with Gasteiger partial charge in [0.15, 0.2) is 0 Å². The maximum Gasteiger partial charge on any atom is 0.643 e. The summed E-state index contributed by atoms with van der Waals surface area (Å²) in [7, 11) is 17.6. The summed E-state index contributed by atoms with van der Waals surface area (Å²) < 4.78 is 99.1. The zero-order chi connectivity index (χ0) is 96.0. The quantitative estimate of drug-likeness (QED) is 0.00653. The lowest BCUT2D eigenvalue weighted by atomic mass is 10.0. The predicted octanol–water partition coefficient (Wildman–Crippen LogP) is 22.7. The summed E-state index contributed by atoms with van der Waals surface area (Å²) >= 11 is 17.0. The van der Waals surface area contributed by atoms with Gasteiger partial charge in [-0.25, -0.2) is 81.4 Å². The van der Waals surface area contributed by atoms with Gasteiger partial charge in [-0.1, -0.05) is 76.6 Å². The average molecular weight is 2020 g/mol. The molecule has 0 fully saturated rings. The fourth-order valence-electron chi connectivity index (χ4n) is 13.8. The molecule has 0 atom stereocenters. The second kappa shape index (κ2) is 58.3. The molecule has 3 amide bonds. The lowest BCUT2D eigenvalue weighted by Crippen LogP contribution is -2.28. The second-order valence-corrected chi connectivity index (χ2v) is 37.9. The SMILES string of the molecule is COC(=O)c1ccc(CBr)cc1.COC(=O)c1ccc(CN2CCCc3cc(F)ccc32)cc1.Fc1ccc2c(c1)CCCN2.Nc1ccc(F)cc1.O=C(CCCl)Cc1ccc(F)cc1.O=C(Cl)CCCl.O=C(NO)c1ccc(CN2CCCc3cc(F)ccc32)cc1.O=C(NO)c1ccc(CN2CCCc3cc(F)ccc32)cc1.O=C1CCc2cc(F)ccc2N1.[Cl][Al]([Cl])[Cl]. The van der Waals surface area contributed by atoms with Gasteiger partial charge < -0.3 is 40.5 Å². The molecule has 698 valence electrons. The minimum atomic E-state index is -1.72. The molecule has 34 heteroatoms. The van der Waals surface area contributed by atoms with Crippen molar-refractivity contribution in [3.63, 3.8) is 0 Å². The van der Waals surface area contributed by atoms with Crippen LogP contribution >= 0.6 is 80.9 Å². The van der Waals surface area contributed by atoms with Gasteiger partial charge in [0.2, 0.25) is 11.1 Å². The standard InChI is InChI=1S/C18H18FNO2.2C17H17FN2O2.C10H10ClFO.C9H9BrO2.C9H8FNO.C9H10FN.C6H6FN.C3H4Cl2O.Al.3ClH/c1-22-18(21)14-6-4-13(5-7-14)12-20-10-2-3-15-11-16(19)8-9-17(15)20;2*18-15-7-8-16-14(10-15)2-1-9-20(16)11-12-3-5-13(6-4-12)17(21)19-22;11-6-5-10(13)7-8-1-3-9(12)4-2-8;1-12-9(11)8-4-2-7(6-10)3-5-8;10-7-2-3-8-6(5-7)1-4-9(12)11-8;10-8-3-4-9-7(6-8)2-1-5-11-9;7-5-1-3-6(8)4-2-5;4-2-1-3(5)6;;;;/h4-9,11H,2-3,10,12H2,1H3;2*3-8,10,22H,1-2,9,11H2,(H,19,21);1-4H,5-7H2;2-5H,6H2,1H3;2-3,5H,1,4H2,(H,11,12);3-4,6,11H,1-2,5H2;1-4H,8H2;1-2H2;;3*1H/q;;;;;;;;;+3;;;/p-3. The number of halogens is 14. The lowest BCUT2D eigenvalue weighted by Gasteiger charge is -2.31. The molecule has 11 aromatic rings.